The molecule has 0 N–H and O–H groups in total. The van der Waals surface area contributed by atoms with Crippen LogP contribution in [0.25, 0.3) is 0 Å². The van der Waals surface area contributed by atoms with Crippen LogP contribution < -0.4 is 4.74 Å². The smallest absolute Gasteiger partial charge is 0.148 e. The number of rotatable bonds is 2. The van der Waals surface area contributed by atoms with Crippen molar-refractivity contribution in [2.75, 3.05) is 0 Å². The quantitative estimate of drug-likeness (QED) is 0.588. The second kappa shape index (κ2) is 5.57. The van der Waals surface area contributed by atoms with Crippen LogP contribution in [0.4, 0.5) is 0 Å². The average molecular weight is 321 g/mol. The minimum atomic E-state index is 0.341. The summed E-state index contributed by atoms with van der Waals surface area (Å²) in [6.07, 6.45) is 1.54. The molecule has 2 nitrogen and oxygen atoms in total. The molecule has 0 saturated heterocycles. The first-order valence-corrected chi connectivity index (χ1v) is 6.54. The van der Waals surface area contributed by atoms with Crippen molar-refractivity contribution in [2.45, 2.75) is 11.8 Å². The number of ether oxygens (including phenoxy) is 1. The molecule has 0 aliphatic carbocycles. The van der Waals surface area contributed by atoms with E-state index >= 15 is 0 Å². The molecule has 0 amide bonds. The van der Waals surface area contributed by atoms with Gasteiger partial charge in [-0.15, -0.1) is 12.6 Å². The first-order valence-electron chi connectivity index (χ1n) is 4.96. The van der Waals surface area contributed by atoms with Crippen LogP contribution >= 0.6 is 47.4 Å². The van der Waals surface area contributed by atoms with Crippen molar-refractivity contribution in [3.05, 3.63) is 45.2 Å². The molecule has 1 aromatic carbocycles. The van der Waals surface area contributed by atoms with E-state index in [9.17, 15) is 0 Å². The Balaban J connectivity index is 2.41. The van der Waals surface area contributed by atoms with Crippen molar-refractivity contribution in [1.82, 2.24) is 4.98 Å². The zero-order valence-corrected chi connectivity index (χ0v) is 12.4. The Morgan fingerprint density at radius 2 is 1.94 bits per heavy atom. The maximum atomic E-state index is 6.15. The zero-order chi connectivity index (χ0) is 13.3. The Hall–Kier alpha value is -0.610. The Morgan fingerprint density at radius 3 is 2.61 bits per heavy atom. The second-order valence-electron chi connectivity index (χ2n) is 3.56. The fourth-order valence-corrected chi connectivity index (χ4v) is 2.22. The summed E-state index contributed by atoms with van der Waals surface area (Å²) in [6, 6.07) is 4.91. The van der Waals surface area contributed by atoms with Crippen LogP contribution in [0, 0.1) is 6.92 Å². The average Bonchev–Trinajstić information content (AvgIpc) is 2.33. The SMILES string of the molecule is Cc1c(Cl)cc(Oc2ccnc(Cl)c2)c(Cl)c1S. The van der Waals surface area contributed by atoms with E-state index in [1.165, 1.54) is 0 Å². The number of hydrogen-bond acceptors (Lipinski definition) is 3. The van der Waals surface area contributed by atoms with Crippen molar-refractivity contribution in [3.8, 4) is 11.5 Å². The van der Waals surface area contributed by atoms with Gasteiger partial charge in [0.1, 0.15) is 16.7 Å². The lowest BCUT2D eigenvalue weighted by molar-refractivity contribution is 0.481. The summed E-state index contributed by atoms with van der Waals surface area (Å²) < 4.78 is 5.62. The first-order chi connectivity index (χ1) is 8.49. The number of aromatic nitrogens is 1. The number of nitrogens with zero attached hydrogens (tertiary/aromatic N) is 1. The van der Waals surface area contributed by atoms with Gasteiger partial charge in [0.05, 0.1) is 5.02 Å². The summed E-state index contributed by atoms with van der Waals surface area (Å²) in [5, 5.41) is 1.29. The summed E-state index contributed by atoms with van der Waals surface area (Å²) in [5.41, 5.74) is 0.810. The third-order valence-corrected chi connectivity index (χ3v) is 3.99. The van der Waals surface area contributed by atoms with Gasteiger partial charge in [-0.05, 0) is 18.6 Å². The zero-order valence-electron chi connectivity index (χ0n) is 9.25. The lowest BCUT2D eigenvalue weighted by atomic mass is 10.2. The summed E-state index contributed by atoms with van der Waals surface area (Å²) in [6.45, 7) is 1.84. The molecule has 0 bridgehead atoms. The third-order valence-electron chi connectivity index (χ3n) is 2.32. The molecule has 18 heavy (non-hydrogen) atoms. The van der Waals surface area contributed by atoms with Crippen LogP contribution in [0.2, 0.25) is 15.2 Å². The Labute approximate surface area is 125 Å². The molecule has 0 spiro atoms. The Bertz CT molecular complexity index is 604. The highest BCUT2D eigenvalue weighted by molar-refractivity contribution is 7.80. The number of pyridine rings is 1. The lowest BCUT2D eigenvalue weighted by Gasteiger charge is -2.12. The van der Waals surface area contributed by atoms with Gasteiger partial charge in [-0.1, -0.05) is 34.8 Å². The van der Waals surface area contributed by atoms with Gasteiger partial charge in [-0.25, -0.2) is 4.98 Å². The minimum Gasteiger partial charge on any atom is -0.456 e. The minimum absolute atomic E-state index is 0.341. The van der Waals surface area contributed by atoms with Gasteiger partial charge in [-0.2, -0.15) is 0 Å². The normalized spacial score (nSPS) is 10.5. The van der Waals surface area contributed by atoms with E-state index in [0.717, 1.165) is 5.56 Å². The predicted octanol–water partition coefficient (Wildman–Crippen LogP) is 5.43. The summed E-state index contributed by atoms with van der Waals surface area (Å²) in [5.74, 6) is 0.962. The van der Waals surface area contributed by atoms with E-state index in [2.05, 4.69) is 17.6 Å². The summed E-state index contributed by atoms with van der Waals surface area (Å²) >= 11 is 22.3. The van der Waals surface area contributed by atoms with Crippen molar-refractivity contribution < 1.29 is 4.74 Å². The van der Waals surface area contributed by atoms with Crippen molar-refractivity contribution in [3.63, 3.8) is 0 Å². The highest BCUT2D eigenvalue weighted by atomic mass is 35.5. The van der Waals surface area contributed by atoms with Gasteiger partial charge in [0.2, 0.25) is 0 Å². The van der Waals surface area contributed by atoms with Crippen LogP contribution in [-0.2, 0) is 0 Å². The van der Waals surface area contributed by atoms with E-state index in [0.29, 0.717) is 31.6 Å². The van der Waals surface area contributed by atoms with E-state index < -0.39 is 0 Å². The molecule has 0 unspecified atom stereocenters. The van der Waals surface area contributed by atoms with Crippen LogP contribution in [0.1, 0.15) is 5.56 Å². The maximum Gasteiger partial charge on any atom is 0.148 e. The van der Waals surface area contributed by atoms with Crippen molar-refractivity contribution in [1.29, 1.82) is 0 Å². The van der Waals surface area contributed by atoms with Gasteiger partial charge in [0.25, 0.3) is 0 Å². The summed E-state index contributed by atoms with van der Waals surface area (Å²) in [7, 11) is 0. The van der Waals surface area contributed by atoms with E-state index in [4.69, 9.17) is 39.5 Å². The molecule has 6 heteroatoms. The van der Waals surface area contributed by atoms with Crippen LogP contribution in [0.5, 0.6) is 11.5 Å². The van der Waals surface area contributed by atoms with E-state index in [-0.39, 0.29) is 0 Å². The molecular formula is C12H8Cl3NOS. The largest absolute Gasteiger partial charge is 0.456 e. The van der Waals surface area contributed by atoms with E-state index in [1.807, 2.05) is 6.92 Å². The number of halogens is 3. The van der Waals surface area contributed by atoms with Crippen LogP contribution in [-0.4, -0.2) is 4.98 Å². The standard InChI is InChI=1S/C12H8Cl3NOS/c1-6-8(13)5-9(11(15)12(6)18)17-7-2-3-16-10(14)4-7/h2-5,18H,1H3. The Morgan fingerprint density at radius 1 is 1.22 bits per heavy atom. The molecule has 0 saturated carbocycles. The number of hydrogen-bond donors (Lipinski definition) is 1. The Kier molecular flexibility index (Phi) is 4.28. The molecule has 2 aromatic rings. The van der Waals surface area contributed by atoms with Gasteiger partial charge in [0.15, 0.2) is 0 Å². The predicted molar refractivity (Wildman–Crippen MR) is 77.8 cm³/mol. The molecule has 0 aliphatic heterocycles. The van der Waals surface area contributed by atoms with Gasteiger partial charge >= 0.3 is 0 Å². The van der Waals surface area contributed by atoms with Crippen molar-refractivity contribution in [2.24, 2.45) is 0 Å². The first kappa shape index (κ1) is 13.8. The van der Waals surface area contributed by atoms with Gasteiger partial charge in [-0.3, -0.25) is 0 Å². The number of thiol groups is 1. The topological polar surface area (TPSA) is 22.1 Å². The summed E-state index contributed by atoms with van der Waals surface area (Å²) in [4.78, 5) is 4.46. The molecule has 1 aromatic heterocycles. The second-order valence-corrected chi connectivity index (χ2v) is 5.18. The molecule has 2 rings (SSSR count). The van der Waals surface area contributed by atoms with Gasteiger partial charge in [0, 0.05) is 28.2 Å². The molecule has 1 heterocycles. The lowest BCUT2D eigenvalue weighted by Crippen LogP contribution is -1.90. The highest BCUT2D eigenvalue weighted by Crippen LogP contribution is 2.39. The maximum absolute atomic E-state index is 6.15. The molecule has 0 aliphatic rings. The monoisotopic (exact) mass is 319 g/mol. The molecule has 94 valence electrons. The highest BCUT2D eigenvalue weighted by Gasteiger charge is 2.12. The van der Waals surface area contributed by atoms with Crippen LogP contribution in [0.15, 0.2) is 29.3 Å². The fraction of sp³-hybridized carbons (Fsp3) is 0.0833. The van der Waals surface area contributed by atoms with Crippen LogP contribution in [0.3, 0.4) is 0 Å². The van der Waals surface area contributed by atoms with Crippen molar-refractivity contribution >= 4 is 47.4 Å². The molecular weight excluding hydrogens is 313 g/mol. The molecule has 0 fully saturated rings. The van der Waals surface area contributed by atoms with Gasteiger partial charge < -0.3 is 4.74 Å². The third kappa shape index (κ3) is 2.86. The van der Waals surface area contributed by atoms with E-state index in [1.54, 1.807) is 24.4 Å². The number of benzene rings is 1. The molecule has 0 atom stereocenters. The molecule has 0 radical (unpaired) electrons. The fourth-order valence-electron chi connectivity index (χ4n) is 1.33.